The molecule has 0 amide bonds. The van der Waals surface area contributed by atoms with E-state index >= 15 is 0 Å². The minimum atomic E-state index is -0.663. The zero-order valence-electron chi connectivity index (χ0n) is 19.6. The van der Waals surface area contributed by atoms with Gasteiger partial charge in [0.1, 0.15) is 18.1 Å². The molecule has 7 nitrogen and oxygen atoms in total. The van der Waals surface area contributed by atoms with Gasteiger partial charge in [0, 0.05) is 29.2 Å². The van der Waals surface area contributed by atoms with Crippen LogP contribution in [-0.4, -0.2) is 32.7 Å². The van der Waals surface area contributed by atoms with Crippen LogP contribution in [0.2, 0.25) is 5.02 Å². The fourth-order valence-corrected chi connectivity index (χ4v) is 5.19. The maximum absolute atomic E-state index is 10.5. The first kappa shape index (κ1) is 22.9. The van der Waals surface area contributed by atoms with Crippen molar-refractivity contribution in [1.29, 1.82) is 5.26 Å². The number of nitrogens with zero attached hydrogens (tertiary/aromatic N) is 5. The predicted molar refractivity (Wildman–Crippen MR) is 135 cm³/mol. The fraction of sp³-hybridized carbons (Fsp3) is 0.259. The average molecular weight is 485 g/mol. The van der Waals surface area contributed by atoms with Gasteiger partial charge in [-0.05, 0) is 61.6 Å². The predicted octanol–water partition coefficient (Wildman–Crippen LogP) is 5.26. The molecule has 0 saturated heterocycles. The summed E-state index contributed by atoms with van der Waals surface area (Å²) in [5.74, 6) is 0.677. The zero-order chi connectivity index (χ0) is 24.4. The Hall–Kier alpha value is -3.89. The Balaban J connectivity index is 1.59. The van der Waals surface area contributed by atoms with Crippen molar-refractivity contribution in [2.45, 2.75) is 37.6 Å². The van der Waals surface area contributed by atoms with Gasteiger partial charge in [-0.25, -0.2) is 15.0 Å². The summed E-state index contributed by atoms with van der Waals surface area (Å²) >= 11 is 6.21. The minimum absolute atomic E-state index is 0.594. The summed E-state index contributed by atoms with van der Waals surface area (Å²) < 4.78 is 7.60. The smallest absolute Gasteiger partial charge is 0.144 e. The molecule has 1 N–H and O–H groups in total. The molecule has 35 heavy (non-hydrogen) atoms. The Bertz CT molecular complexity index is 1390. The third-order valence-electron chi connectivity index (χ3n) is 6.69. The fourth-order valence-electron chi connectivity index (χ4n) is 5.06. The van der Waals surface area contributed by atoms with Gasteiger partial charge >= 0.3 is 0 Å². The number of imidazole rings is 1. The van der Waals surface area contributed by atoms with E-state index in [1.165, 1.54) is 0 Å². The van der Waals surface area contributed by atoms with Crippen molar-refractivity contribution in [1.82, 2.24) is 19.5 Å². The highest BCUT2D eigenvalue weighted by Crippen LogP contribution is 2.45. The SMILES string of the molecule is COc1cc(NC(C#N)C2(c3ccc(Cl)cc3)CCCc3cncnc32)ccc1-n1cnc(C)c1. The number of aryl methyl sites for hydroxylation is 2. The Morgan fingerprint density at radius 1 is 1.20 bits per heavy atom. The summed E-state index contributed by atoms with van der Waals surface area (Å²) in [5, 5.41) is 14.6. The topological polar surface area (TPSA) is 88.6 Å². The van der Waals surface area contributed by atoms with E-state index in [1.807, 2.05) is 66.3 Å². The van der Waals surface area contributed by atoms with Gasteiger partial charge in [-0.15, -0.1) is 0 Å². The molecule has 0 aliphatic heterocycles. The molecular formula is C27H25ClN6O. The van der Waals surface area contributed by atoms with Crippen LogP contribution in [0.3, 0.4) is 0 Å². The molecular weight excluding hydrogens is 460 g/mol. The van der Waals surface area contributed by atoms with Crippen LogP contribution >= 0.6 is 11.6 Å². The van der Waals surface area contributed by atoms with Crippen molar-refractivity contribution in [3.63, 3.8) is 0 Å². The second kappa shape index (κ2) is 9.40. The number of aromatic nitrogens is 4. The number of nitriles is 1. The van der Waals surface area contributed by atoms with Crippen molar-refractivity contribution in [2.24, 2.45) is 0 Å². The van der Waals surface area contributed by atoms with E-state index in [9.17, 15) is 5.26 Å². The van der Waals surface area contributed by atoms with Crippen LogP contribution in [-0.2, 0) is 11.8 Å². The molecule has 0 bridgehead atoms. The van der Waals surface area contributed by atoms with Crippen LogP contribution in [0.1, 0.15) is 35.4 Å². The van der Waals surface area contributed by atoms with E-state index in [1.54, 1.807) is 19.8 Å². The Morgan fingerprint density at radius 3 is 2.74 bits per heavy atom. The highest BCUT2D eigenvalue weighted by molar-refractivity contribution is 6.30. The van der Waals surface area contributed by atoms with Gasteiger partial charge < -0.3 is 14.6 Å². The van der Waals surface area contributed by atoms with Crippen LogP contribution in [0.15, 0.2) is 67.5 Å². The number of methoxy groups -OCH3 is 1. The van der Waals surface area contributed by atoms with Crippen molar-refractivity contribution >= 4 is 17.3 Å². The minimum Gasteiger partial charge on any atom is -0.494 e. The molecule has 1 aliphatic rings. The van der Waals surface area contributed by atoms with E-state index in [-0.39, 0.29) is 0 Å². The van der Waals surface area contributed by atoms with Gasteiger partial charge in [0.25, 0.3) is 0 Å². The van der Waals surface area contributed by atoms with Crippen molar-refractivity contribution in [3.8, 4) is 17.5 Å². The highest BCUT2D eigenvalue weighted by Gasteiger charge is 2.47. The first-order valence-corrected chi connectivity index (χ1v) is 11.8. The van der Waals surface area contributed by atoms with Crippen molar-refractivity contribution in [2.75, 3.05) is 12.4 Å². The van der Waals surface area contributed by atoms with Crippen LogP contribution in [0, 0.1) is 18.3 Å². The Labute approximate surface area is 209 Å². The number of rotatable bonds is 6. The van der Waals surface area contributed by atoms with Crippen LogP contribution < -0.4 is 10.1 Å². The second-order valence-corrected chi connectivity index (χ2v) is 9.18. The maximum Gasteiger partial charge on any atom is 0.144 e. The monoisotopic (exact) mass is 484 g/mol. The number of hydrogen-bond donors (Lipinski definition) is 1. The third kappa shape index (κ3) is 4.11. The largest absolute Gasteiger partial charge is 0.494 e. The normalized spacial score (nSPS) is 17.8. The van der Waals surface area contributed by atoms with Gasteiger partial charge in [0.05, 0.1) is 42.0 Å². The first-order valence-electron chi connectivity index (χ1n) is 11.5. The zero-order valence-corrected chi connectivity index (χ0v) is 20.3. The molecule has 2 heterocycles. The molecule has 0 spiro atoms. The summed E-state index contributed by atoms with van der Waals surface area (Å²) in [7, 11) is 1.64. The average Bonchev–Trinajstić information content (AvgIpc) is 3.33. The molecule has 5 rings (SSSR count). The molecule has 4 aromatic rings. The van der Waals surface area contributed by atoms with Crippen LogP contribution in [0.4, 0.5) is 5.69 Å². The number of fused-ring (bicyclic) bond motifs is 1. The van der Waals surface area contributed by atoms with Gasteiger partial charge in [-0.2, -0.15) is 5.26 Å². The van der Waals surface area contributed by atoms with Crippen LogP contribution in [0.5, 0.6) is 5.75 Å². The maximum atomic E-state index is 10.5. The summed E-state index contributed by atoms with van der Waals surface area (Å²) in [6.07, 6.45) is 9.71. The number of anilines is 1. The van der Waals surface area contributed by atoms with E-state index in [0.29, 0.717) is 10.8 Å². The van der Waals surface area contributed by atoms with Gasteiger partial charge in [-0.3, -0.25) is 0 Å². The van der Waals surface area contributed by atoms with E-state index in [0.717, 1.165) is 53.2 Å². The van der Waals surface area contributed by atoms with E-state index in [2.05, 4.69) is 21.4 Å². The molecule has 2 aromatic carbocycles. The quantitative estimate of drug-likeness (QED) is 0.401. The van der Waals surface area contributed by atoms with Crippen molar-refractivity contribution in [3.05, 3.63) is 95.1 Å². The molecule has 2 aromatic heterocycles. The second-order valence-electron chi connectivity index (χ2n) is 8.74. The lowest BCUT2D eigenvalue weighted by Gasteiger charge is -2.42. The Kier molecular flexibility index (Phi) is 6.14. The molecule has 1 aliphatic carbocycles. The summed E-state index contributed by atoms with van der Waals surface area (Å²) in [5.41, 5.74) is 4.86. The van der Waals surface area contributed by atoms with Gasteiger partial charge in [0.15, 0.2) is 0 Å². The third-order valence-corrected chi connectivity index (χ3v) is 6.94. The number of ether oxygens (including phenoxy) is 1. The number of nitrogens with one attached hydrogen (secondary N) is 1. The lowest BCUT2D eigenvalue weighted by Crippen LogP contribution is -2.47. The molecule has 176 valence electrons. The Morgan fingerprint density at radius 2 is 2.03 bits per heavy atom. The van der Waals surface area contributed by atoms with Gasteiger partial charge in [0.2, 0.25) is 0 Å². The molecule has 0 radical (unpaired) electrons. The van der Waals surface area contributed by atoms with E-state index < -0.39 is 11.5 Å². The van der Waals surface area contributed by atoms with Crippen molar-refractivity contribution < 1.29 is 4.74 Å². The lowest BCUT2D eigenvalue weighted by molar-refractivity contribution is 0.394. The summed E-state index contributed by atoms with van der Waals surface area (Å²) in [6, 6.07) is 15.5. The molecule has 8 heteroatoms. The first-order chi connectivity index (χ1) is 17.0. The van der Waals surface area contributed by atoms with E-state index in [4.69, 9.17) is 21.3 Å². The lowest BCUT2D eigenvalue weighted by atomic mass is 9.64. The summed E-state index contributed by atoms with van der Waals surface area (Å²) in [4.78, 5) is 13.3. The van der Waals surface area contributed by atoms with Gasteiger partial charge in [-0.1, -0.05) is 23.7 Å². The number of benzene rings is 2. The number of hydrogen-bond acceptors (Lipinski definition) is 6. The highest BCUT2D eigenvalue weighted by atomic mass is 35.5. The standard InChI is InChI=1S/C27H25ClN6O/c1-18-15-34(17-32-18)23-10-9-22(12-24(23)35-2)33-25(13-29)27(20-5-7-21(28)8-6-20)11-3-4-19-14-30-16-31-26(19)27/h5-10,12,14-17,25,33H,3-4,11H2,1-2H3. The molecule has 2 atom stereocenters. The summed E-state index contributed by atoms with van der Waals surface area (Å²) in [6.45, 7) is 1.94. The molecule has 2 unspecified atom stereocenters. The number of halogens is 1. The molecule has 0 saturated carbocycles. The van der Waals surface area contributed by atoms with Crippen LogP contribution in [0.25, 0.3) is 5.69 Å². The molecule has 0 fully saturated rings.